The zero-order valence-electron chi connectivity index (χ0n) is 22.4. The average molecular weight is 529 g/mol. The van der Waals surface area contributed by atoms with E-state index in [0.717, 1.165) is 0 Å². The Labute approximate surface area is 228 Å². The van der Waals surface area contributed by atoms with Crippen LogP contribution >= 0.6 is 0 Å². The quantitative estimate of drug-likeness (QED) is 0.417. The van der Waals surface area contributed by atoms with Crippen LogP contribution in [-0.2, 0) is 14.4 Å². The maximum absolute atomic E-state index is 14.3. The van der Waals surface area contributed by atoms with E-state index in [1.165, 1.54) is 0 Å². The van der Waals surface area contributed by atoms with Crippen LogP contribution in [0, 0.1) is 71.0 Å². The lowest BCUT2D eigenvalue weighted by atomic mass is 9.55. The molecule has 0 aromatic heterocycles. The standard InChI is InChI=1S/C33H36O6/c1-31(37)10-4-16-19(7-13-31)28(34)25-22(16)26-24(18-6-12-33(3,39)14-8-20(18)29(26)35)27-23(25)17-5-11-32(2,38)15-9-21(17)30(27)36/h4-27,37-39H,1-3H3. The fraction of sp³-hybridized carbons (Fsp3) is 0.545. The third-order valence-electron chi connectivity index (χ3n) is 10.9. The second-order valence-corrected chi connectivity index (χ2v) is 13.7. The summed E-state index contributed by atoms with van der Waals surface area (Å²) in [6, 6.07) is 0. The van der Waals surface area contributed by atoms with Crippen molar-refractivity contribution in [1.82, 2.24) is 0 Å². The molecule has 9 atom stereocenters. The van der Waals surface area contributed by atoms with Crippen LogP contribution in [0.25, 0.3) is 0 Å². The highest BCUT2D eigenvalue weighted by Gasteiger charge is 2.71. The second-order valence-electron chi connectivity index (χ2n) is 13.7. The van der Waals surface area contributed by atoms with Gasteiger partial charge in [-0.25, -0.2) is 0 Å². The van der Waals surface area contributed by atoms with Crippen LogP contribution in [0.2, 0.25) is 0 Å². The summed E-state index contributed by atoms with van der Waals surface area (Å²) in [5.41, 5.74) is -3.52. The summed E-state index contributed by atoms with van der Waals surface area (Å²) < 4.78 is 0. The van der Waals surface area contributed by atoms with E-state index in [2.05, 4.69) is 0 Å². The smallest absolute Gasteiger partial charge is 0.144 e. The van der Waals surface area contributed by atoms with Gasteiger partial charge >= 0.3 is 0 Å². The SMILES string of the molecule is CC1(O)C=CC2C(=O)C3C(C2C=C1)C1C(=O)C2C=CC(C)(O)C=CC2C1C1C(=O)C2C=CC(C)(O)C=CC2C31. The van der Waals surface area contributed by atoms with Crippen LogP contribution in [0.4, 0.5) is 0 Å². The van der Waals surface area contributed by atoms with Crippen LogP contribution in [0.1, 0.15) is 20.8 Å². The van der Waals surface area contributed by atoms with Gasteiger partial charge in [-0.2, -0.15) is 0 Å². The normalized spacial score (nSPS) is 56.3. The lowest BCUT2D eigenvalue weighted by Crippen LogP contribution is -2.49. The minimum Gasteiger partial charge on any atom is -0.382 e. The van der Waals surface area contributed by atoms with E-state index in [1.54, 1.807) is 57.2 Å². The summed E-state index contributed by atoms with van der Waals surface area (Å²) in [4.78, 5) is 42.8. The number of allylic oxidation sites excluding steroid dienone is 6. The van der Waals surface area contributed by atoms with Crippen LogP contribution < -0.4 is 0 Å². The Morgan fingerprint density at radius 2 is 0.692 bits per heavy atom. The van der Waals surface area contributed by atoms with Gasteiger partial charge in [0.25, 0.3) is 0 Å². The fourth-order valence-electron chi connectivity index (χ4n) is 9.36. The van der Waals surface area contributed by atoms with Crippen molar-refractivity contribution in [3.8, 4) is 0 Å². The number of aliphatic hydroxyl groups is 3. The summed E-state index contributed by atoms with van der Waals surface area (Å²) in [6.45, 7) is 5.03. The van der Waals surface area contributed by atoms with E-state index < -0.39 is 52.3 Å². The molecule has 0 saturated heterocycles. The molecule has 0 radical (unpaired) electrons. The molecule has 0 aliphatic heterocycles. The molecular weight excluding hydrogens is 492 g/mol. The van der Waals surface area contributed by atoms with Crippen molar-refractivity contribution in [3.05, 3.63) is 72.9 Å². The Hall–Kier alpha value is -2.67. The van der Waals surface area contributed by atoms with Gasteiger partial charge in [0.1, 0.15) is 17.3 Å². The lowest BCUT2D eigenvalue weighted by molar-refractivity contribution is -0.137. The van der Waals surface area contributed by atoms with Crippen molar-refractivity contribution in [2.75, 3.05) is 0 Å². The first-order chi connectivity index (χ1) is 18.3. The summed E-state index contributed by atoms with van der Waals surface area (Å²) in [6.07, 6.45) is 21.4. The maximum Gasteiger partial charge on any atom is 0.144 e. The van der Waals surface area contributed by atoms with E-state index in [0.29, 0.717) is 0 Å². The molecule has 39 heavy (non-hydrogen) atoms. The molecule has 0 bridgehead atoms. The number of carbonyl (C=O) groups excluding carboxylic acids is 3. The van der Waals surface area contributed by atoms with Crippen molar-refractivity contribution in [2.24, 2.45) is 71.0 Å². The van der Waals surface area contributed by atoms with Crippen molar-refractivity contribution in [2.45, 2.75) is 37.6 Å². The van der Waals surface area contributed by atoms with Crippen molar-refractivity contribution in [3.63, 3.8) is 0 Å². The van der Waals surface area contributed by atoms with Gasteiger partial charge in [-0.15, -0.1) is 0 Å². The summed E-state index contributed by atoms with van der Waals surface area (Å²) in [5, 5.41) is 32.2. The van der Waals surface area contributed by atoms with Crippen molar-refractivity contribution < 1.29 is 29.7 Å². The average Bonchev–Trinajstić information content (AvgIpc) is 3.21. The van der Waals surface area contributed by atoms with Gasteiger partial charge in [0.15, 0.2) is 0 Å². The number of ketones is 3. The summed E-state index contributed by atoms with van der Waals surface area (Å²) >= 11 is 0. The summed E-state index contributed by atoms with van der Waals surface area (Å²) in [5.74, 6) is -4.21. The van der Waals surface area contributed by atoms with Gasteiger partial charge in [-0.05, 0) is 56.3 Å². The minimum atomic E-state index is -1.17. The molecule has 204 valence electrons. The number of Topliss-reactive ketones (excluding diaryl/α,β-unsaturated/α-hetero) is 3. The monoisotopic (exact) mass is 528 g/mol. The second kappa shape index (κ2) is 7.96. The molecule has 7 rings (SSSR count). The molecule has 0 amide bonds. The Kier molecular flexibility index (Phi) is 5.16. The molecule has 3 N–H and O–H groups in total. The first-order valence-electron chi connectivity index (χ1n) is 14.2. The first kappa shape index (κ1) is 25.3. The van der Waals surface area contributed by atoms with E-state index in [1.807, 2.05) is 36.5 Å². The van der Waals surface area contributed by atoms with E-state index in [4.69, 9.17) is 0 Å². The Balaban J connectivity index is 1.42. The molecule has 0 heterocycles. The predicted octanol–water partition coefficient (Wildman–Crippen LogP) is 2.77. The van der Waals surface area contributed by atoms with Gasteiger partial charge in [0.05, 0.1) is 16.8 Å². The van der Waals surface area contributed by atoms with E-state index in [9.17, 15) is 29.7 Å². The molecule has 4 saturated carbocycles. The molecule has 0 aromatic rings. The molecule has 6 nitrogen and oxygen atoms in total. The Bertz CT molecular complexity index is 1160. The third-order valence-corrected chi connectivity index (χ3v) is 10.9. The van der Waals surface area contributed by atoms with Gasteiger partial charge in [-0.1, -0.05) is 72.9 Å². The molecule has 7 aliphatic rings. The minimum absolute atomic E-state index is 0.0489. The molecule has 6 heteroatoms. The first-order valence-corrected chi connectivity index (χ1v) is 14.2. The Morgan fingerprint density at radius 3 is 0.949 bits per heavy atom. The van der Waals surface area contributed by atoms with Crippen LogP contribution in [0.3, 0.4) is 0 Å². The molecule has 0 aromatic carbocycles. The van der Waals surface area contributed by atoms with Crippen LogP contribution in [-0.4, -0.2) is 49.5 Å². The largest absolute Gasteiger partial charge is 0.382 e. The van der Waals surface area contributed by atoms with Crippen molar-refractivity contribution in [1.29, 1.82) is 0 Å². The number of fused-ring (bicyclic) bond motifs is 12. The van der Waals surface area contributed by atoms with Gasteiger partial charge in [-0.3, -0.25) is 14.4 Å². The van der Waals surface area contributed by atoms with Gasteiger partial charge in [0, 0.05) is 35.5 Å². The highest BCUT2D eigenvalue weighted by Crippen LogP contribution is 2.67. The van der Waals surface area contributed by atoms with Gasteiger partial charge in [0.2, 0.25) is 0 Å². The maximum atomic E-state index is 14.3. The summed E-state index contributed by atoms with van der Waals surface area (Å²) in [7, 11) is 0. The third kappa shape index (κ3) is 3.54. The number of carbonyl (C=O) groups is 3. The molecule has 0 spiro atoms. The van der Waals surface area contributed by atoms with E-state index in [-0.39, 0.29) is 52.9 Å². The predicted molar refractivity (Wildman–Crippen MR) is 144 cm³/mol. The number of hydrogen-bond donors (Lipinski definition) is 3. The molecular formula is C33H36O6. The Morgan fingerprint density at radius 1 is 0.462 bits per heavy atom. The van der Waals surface area contributed by atoms with Gasteiger partial charge < -0.3 is 15.3 Å². The van der Waals surface area contributed by atoms with E-state index >= 15 is 0 Å². The molecule has 4 fully saturated rings. The number of rotatable bonds is 0. The zero-order valence-corrected chi connectivity index (χ0v) is 22.4. The molecule has 7 aliphatic carbocycles. The highest BCUT2D eigenvalue weighted by atomic mass is 16.3. The fourth-order valence-corrected chi connectivity index (χ4v) is 9.36. The van der Waals surface area contributed by atoms with Crippen LogP contribution in [0.15, 0.2) is 72.9 Å². The van der Waals surface area contributed by atoms with Crippen molar-refractivity contribution >= 4 is 17.3 Å². The molecule has 9 unspecified atom stereocenters. The topological polar surface area (TPSA) is 112 Å². The highest BCUT2D eigenvalue weighted by molar-refractivity contribution is 5.98. The number of hydrogen-bond acceptors (Lipinski definition) is 6. The van der Waals surface area contributed by atoms with Crippen LogP contribution in [0.5, 0.6) is 0 Å². The zero-order chi connectivity index (χ0) is 27.6. The lowest BCUT2D eigenvalue weighted by Gasteiger charge is -2.46.